The van der Waals surface area contributed by atoms with E-state index in [1.165, 1.54) is 12.5 Å². The van der Waals surface area contributed by atoms with E-state index in [0.717, 1.165) is 31.7 Å². The summed E-state index contributed by atoms with van der Waals surface area (Å²) in [5.41, 5.74) is 3.93. The van der Waals surface area contributed by atoms with Crippen LogP contribution in [0, 0.1) is 23.0 Å². The summed E-state index contributed by atoms with van der Waals surface area (Å²) >= 11 is 0. The Kier molecular flexibility index (Phi) is 6.51. The Balaban J connectivity index is 2.88. The average Bonchev–Trinajstić information content (AvgIpc) is 2.48. The minimum absolute atomic E-state index is 0.113. The van der Waals surface area contributed by atoms with Gasteiger partial charge in [0.2, 0.25) is 0 Å². The van der Waals surface area contributed by atoms with Crippen LogP contribution in [0.15, 0.2) is 12.1 Å². The van der Waals surface area contributed by atoms with E-state index in [9.17, 15) is 13.6 Å². The molecule has 124 valence electrons. The van der Waals surface area contributed by atoms with Crippen molar-refractivity contribution in [1.82, 2.24) is 0 Å². The lowest BCUT2D eigenvalue weighted by Gasteiger charge is -2.30. The number of hydrogen-bond donors (Lipinski definition) is 1. The van der Waals surface area contributed by atoms with Gasteiger partial charge in [0.1, 0.15) is 11.5 Å². The number of hydrogen-bond acceptors (Lipinski definition) is 2. The number of carbonyl (C=O) groups is 1. The highest BCUT2D eigenvalue weighted by molar-refractivity contribution is 6.01. The van der Waals surface area contributed by atoms with Crippen LogP contribution in [0.1, 0.15) is 70.2 Å². The molecule has 2 N–H and O–H groups in total. The summed E-state index contributed by atoms with van der Waals surface area (Å²) < 4.78 is 27.3. The van der Waals surface area contributed by atoms with Gasteiger partial charge in [-0.2, -0.15) is 0 Å². The number of unbranched alkanes of at least 4 members (excludes halogenated alkanes) is 3. The monoisotopic (exact) mass is 311 g/mol. The van der Waals surface area contributed by atoms with Crippen molar-refractivity contribution in [3.63, 3.8) is 0 Å². The van der Waals surface area contributed by atoms with Crippen molar-refractivity contribution in [1.29, 1.82) is 0 Å². The molecule has 1 aromatic rings. The molecule has 1 unspecified atom stereocenters. The Labute approximate surface area is 132 Å². The highest BCUT2D eigenvalue weighted by Gasteiger charge is 2.36. The predicted octanol–water partition coefficient (Wildman–Crippen LogP) is 5.36. The molecular formula is C18H27F2NO. The summed E-state index contributed by atoms with van der Waals surface area (Å²) in [5.74, 6) is -1.99. The van der Waals surface area contributed by atoms with Crippen molar-refractivity contribution in [3.05, 3.63) is 29.3 Å². The Morgan fingerprint density at radius 1 is 1.23 bits per heavy atom. The number of anilines is 1. The molecule has 0 aliphatic carbocycles. The highest BCUT2D eigenvalue weighted by atomic mass is 19.1. The predicted molar refractivity (Wildman–Crippen MR) is 86.8 cm³/mol. The molecule has 0 bridgehead atoms. The molecule has 0 aromatic heterocycles. The molecule has 0 spiro atoms. The van der Waals surface area contributed by atoms with Gasteiger partial charge in [0.25, 0.3) is 0 Å². The summed E-state index contributed by atoms with van der Waals surface area (Å²) in [7, 11) is 0. The number of ketones is 1. The molecule has 1 aromatic carbocycles. The molecule has 0 aliphatic rings. The van der Waals surface area contributed by atoms with Crippen LogP contribution in [0.3, 0.4) is 0 Å². The van der Waals surface area contributed by atoms with E-state index in [1.54, 1.807) is 0 Å². The lowest BCUT2D eigenvalue weighted by Crippen LogP contribution is -2.32. The largest absolute Gasteiger partial charge is 0.394 e. The summed E-state index contributed by atoms with van der Waals surface area (Å²) in [6, 6.07) is 2.24. The van der Waals surface area contributed by atoms with Crippen molar-refractivity contribution in [2.75, 3.05) is 5.73 Å². The second kappa shape index (κ2) is 7.70. The number of carbonyl (C=O) groups excluding carboxylic acids is 1. The fourth-order valence-electron chi connectivity index (χ4n) is 2.55. The van der Waals surface area contributed by atoms with Gasteiger partial charge in [0, 0.05) is 5.41 Å². The SMILES string of the molecule is CCCCCCC(C)C(C)(C)C(=O)c1ccc(F)c(N)c1F. The van der Waals surface area contributed by atoms with E-state index in [1.807, 2.05) is 20.8 Å². The zero-order chi connectivity index (χ0) is 16.9. The third-order valence-corrected chi connectivity index (χ3v) is 4.68. The molecule has 0 aliphatic heterocycles. The van der Waals surface area contributed by atoms with Crippen LogP contribution in [0.2, 0.25) is 0 Å². The standard InChI is InChI=1S/C18H27F2NO/c1-5-6-7-8-9-12(2)18(3,4)17(22)13-10-11-14(19)16(21)15(13)20/h10-12H,5-9,21H2,1-4H3. The fraction of sp³-hybridized carbons (Fsp3) is 0.611. The molecule has 1 rings (SSSR count). The Hall–Kier alpha value is -1.45. The zero-order valence-electron chi connectivity index (χ0n) is 14.0. The van der Waals surface area contributed by atoms with Crippen molar-refractivity contribution in [2.45, 2.75) is 59.8 Å². The third-order valence-electron chi connectivity index (χ3n) is 4.68. The smallest absolute Gasteiger partial charge is 0.171 e. The molecule has 0 amide bonds. The molecule has 4 heteroatoms. The molecule has 22 heavy (non-hydrogen) atoms. The Morgan fingerprint density at radius 3 is 2.45 bits per heavy atom. The quantitative estimate of drug-likeness (QED) is 0.399. The Morgan fingerprint density at radius 2 is 1.86 bits per heavy atom. The number of benzene rings is 1. The summed E-state index contributed by atoms with van der Waals surface area (Å²) in [5, 5.41) is 0. The van der Waals surface area contributed by atoms with Crippen LogP contribution >= 0.6 is 0 Å². The van der Waals surface area contributed by atoms with Crippen LogP contribution in [-0.2, 0) is 0 Å². The summed E-state index contributed by atoms with van der Waals surface area (Å²) in [6.07, 6.45) is 5.46. The van der Waals surface area contributed by atoms with Gasteiger partial charge in [-0.25, -0.2) is 8.78 Å². The average molecular weight is 311 g/mol. The van der Waals surface area contributed by atoms with E-state index >= 15 is 0 Å². The first-order chi connectivity index (χ1) is 10.2. The molecule has 0 saturated heterocycles. The van der Waals surface area contributed by atoms with Crippen LogP contribution in [0.4, 0.5) is 14.5 Å². The van der Waals surface area contributed by atoms with Gasteiger partial charge < -0.3 is 5.73 Å². The van der Waals surface area contributed by atoms with Gasteiger partial charge in [-0.05, 0) is 24.5 Å². The molecule has 0 radical (unpaired) electrons. The second-order valence-electron chi connectivity index (χ2n) is 6.62. The number of rotatable bonds is 8. The van der Waals surface area contributed by atoms with E-state index < -0.39 is 22.7 Å². The maximum atomic E-state index is 14.1. The van der Waals surface area contributed by atoms with Crippen LogP contribution in [-0.4, -0.2) is 5.78 Å². The lowest BCUT2D eigenvalue weighted by atomic mass is 9.72. The molecule has 1 atom stereocenters. The Bertz CT molecular complexity index is 526. The minimum Gasteiger partial charge on any atom is -0.394 e. The molecule has 0 heterocycles. The number of nitrogens with two attached hydrogens (primary N) is 1. The normalized spacial score (nSPS) is 13.2. The highest BCUT2D eigenvalue weighted by Crippen LogP contribution is 2.35. The molecule has 0 fully saturated rings. The van der Waals surface area contributed by atoms with Crippen molar-refractivity contribution < 1.29 is 13.6 Å². The topological polar surface area (TPSA) is 43.1 Å². The first-order valence-electron chi connectivity index (χ1n) is 8.01. The molecule has 0 saturated carbocycles. The van der Waals surface area contributed by atoms with E-state index in [4.69, 9.17) is 5.73 Å². The maximum Gasteiger partial charge on any atom is 0.171 e. The maximum absolute atomic E-state index is 14.1. The first-order valence-corrected chi connectivity index (χ1v) is 8.01. The van der Waals surface area contributed by atoms with Gasteiger partial charge in [-0.15, -0.1) is 0 Å². The number of Topliss-reactive ketones (excluding diaryl/α,β-unsaturated/α-hetero) is 1. The summed E-state index contributed by atoms with van der Waals surface area (Å²) in [6.45, 7) is 7.80. The number of halogens is 2. The third kappa shape index (κ3) is 4.05. The van der Waals surface area contributed by atoms with Crippen LogP contribution in [0.25, 0.3) is 0 Å². The van der Waals surface area contributed by atoms with E-state index in [2.05, 4.69) is 6.92 Å². The van der Waals surface area contributed by atoms with Gasteiger partial charge in [-0.3, -0.25) is 4.79 Å². The second-order valence-corrected chi connectivity index (χ2v) is 6.62. The van der Waals surface area contributed by atoms with E-state index in [-0.39, 0.29) is 17.3 Å². The van der Waals surface area contributed by atoms with Crippen LogP contribution < -0.4 is 5.73 Å². The minimum atomic E-state index is -0.948. The van der Waals surface area contributed by atoms with E-state index in [0.29, 0.717) is 0 Å². The molecular weight excluding hydrogens is 284 g/mol. The van der Waals surface area contributed by atoms with Crippen molar-refractivity contribution in [3.8, 4) is 0 Å². The number of nitrogen functional groups attached to an aromatic ring is 1. The van der Waals surface area contributed by atoms with Crippen molar-refractivity contribution >= 4 is 11.5 Å². The van der Waals surface area contributed by atoms with Gasteiger partial charge in [0.15, 0.2) is 11.6 Å². The summed E-state index contributed by atoms with van der Waals surface area (Å²) in [4.78, 5) is 12.7. The fourth-order valence-corrected chi connectivity index (χ4v) is 2.55. The van der Waals surface area contributed by atoms with Gasteiger partial charge in [0.05, 0.1) is 5.56 Å². The first kappa shape index (κ1) is 18.6. The zero-order valence-corrected chi connectivity index (χ0v) is 14.0. The van der Waals surface area contributed by atoms with Crippen molar-refractivity contribution in [2.24, 2.45) is 11.3 Å². The van der Waals surface area contributed by atoms with Gasteiger partial charge in [-0.1, -0.05) is 53.4 Å². The molecule has 2 nitrogen and oxygen atoms in total. The lowest BCUT2D eigenvalue weighted by molar-refractivity contribution is 0.0741. The van der Waals surface area contributed by atoms with Gasteiger partial charge >= 0.3 is 0 Å². The van der Waals surface area contributed by atoms with Crippen LogP contribution in [0.5, 0.6) is 0 Å².